The molecule has 4 heteroatoms. The summed E-state index contributed by atoms with van der Waals surface area (Å²) >= 11 is 3.76. The zero-order chi connectivity index (χ0) is 11.4. The third-order valence-electron chi connectivity index (χ3n) is 3.20. The second-order valence-electron chi connectivity index (χ2n) is 4.46. The molecule has 1 aromatic heterocycles. The summed E-state index contributed by atoms with van der Waals surface area (Å²) in [6, 6.07) is 0.702. The molecule has 2 nitrogen and oxygen atoms in total. The first-order chi connectivity index (χ1) is 7.78. The van der Waals surface area contributed by atoms with Crippen LogP contribution in [0.25, 0.3) is 0 Å². The summed E-state index contributed by atoms with van der Waals surface area (Å²) in [6.07, 6.45) is 7.66. The van der Waals surface area contributed by atoms with Crippen molar-refractivity contribution in [3.63, 3.8) is 0 Å². The Kier molecular flexibility index (Phi) is 4.67. The fourth-order valence-corrected chi connectivity index (χ4v) is 3.72. The second-order valence-corrected chi connectivity index (χ2v) is 6.66. The van der Waals surface area contributed by atoms with E-state index < -0.39 is 0 Å². The molecule has 16 heavy (non-hydrogen) atoms. The van der Waals surface area contributed by atoms with E-state index in [2.05, 4.69) is 28.9 Å². The molecule has 1 N–H and O–H groups in total. The molecule has 1 saturated carbocycles. The standard InChI is InChI=1S/C12H20N2S2/c1-9-14-11(8-16-9)7-13-10-4-3-5-12(6-10)15-2/h8,10,12-13H,3-7H2,1-2H3. The van der Waals surface area contributed by atoms with Crippen LogP contribution in [0.15, 0.2) is 5.38 Å². The fraction of sp³-hybridized carbons (Fsp3) is 0.750. The highest BCUT2D eigenvalue weighted by molar-refractivity contribution is 7.99. The van der Waals surface area contributed by atoms with Crippen molar-refractivity contribution < 1.29 is 0 Å². The van der Waals surface area contributed by atoms with E-state index in [4.69, 9.17) is 0 Å². The molecule has 1 heterocycles. The molecule has 0 saturated heterocycles. The van der Waals surface area contributed by atoms with Crippen molar-refractivity contribution in [2.45, 2.75) is 50.4 Å². The summed E-state index contributed by atoms with van der Waals surface area (Å²) in [5, 5.41) is 7.84. The smallest absolute Gasteiger partial charge is 0.0897 e. The number of hydrogen-bond donors (Lipinski definition) is 1. The molecule has 2 atom stereocenters. The molecule has 0 bridgehead atoms. The van der Waals surface area contributed by atoms with E-state index in [1.807, 2.05) is 11.8 Å². The maximum atomic E-state index is 4.49. The van der Waals surface area contributed by atoms with Crippen LogP contribution in [0, 0.1) is 6.92 Å². The average Bonchev–Trinajstić information content (AvgIpc) is 2.73. The first kappa shape index (κ1) is 12.4. The summed E-state index contributed by atoms with van der Waals surface area (Å²) in [5.74, 6) is 0. The van der Waals surface area contributed by atoms with Crippen LogP contribution in [0.2, 0.25) is 0 Å². The van der Waals surface area contributed by atoms with Gasteiger partial charge >= 0.3 is 0 Å². The van der Waals surface area contributed by atoms with Crippen molar-refractivity contribution in [2.24, 2.45) is 0 Å². The summed E-state index contributed by atoms with van der Waals surface area (Å²) in [4.78, 5) is 4.49. The van der Waals surface area contributed by atoms with Crippen molar-refractivity contribution in [1.82, 2.24) is 10.3 Å². The molecular formula is C12H20N2S2. The molecule has 90 valence electrons. The van der Waals surface area contributed by atoms with Crippen molar-refractivity contribution in [3.8, 4) is 0 Å². The van der Waals surface area contributed by atoms with Gasteiger partial charge in [0, 0.05) is 23.2 Å². The number of thiazole rings is 1. The van der Waals surface area contributed by atoms with Gasteiger partial charge in [0.05, 0.1) is 10.7 Å². The van der Waals surface area contributed by atoms with Crippen molar-refractivity contribution >= 4 is 23.1 Å². The lowest BCUT2D eigenvalue weighted by Crippen LogP contribution is -2.34. The normalized spacial score (nSPS) is 25.9. The Labute approximate surface area is 106 Å². The Morgan fingerprint density at radius 3 is 3.12 bits per heavy atom. The Morgan fingerprint density at radius 1 is 1.56 bits per heavy atom. The Bertz CT molecular complexity index is 325. The van der Waals surface area contributed by atoms with Gasteiger partial charge in [-0.3, -0.25) is 0 Å². The largest absolute Gasteiger partial charge is 0.308 e. The van der Waals surface area contributed by atoms with Gasteiger partial charge in [0.25, 0.3) is 0 Å². The minimum atomic E-state index is 0.702. The second kappa shape index (κ2) is 6.03. The summed E-state index contributed by atoms with van der Waals surface area (Å²) in [6.45, 7) is 3.01. The molecule has 1 aromatic rings. The molecule has 0 aromatic carbocycles. The van der Waals surface area contributed by atoms with E-state index in [0.29, 0.717) is 6.04 Å². The maximum absolute atomic E-state index is 4.49. The molecule has 1 aliphatic rings. The Hall–Kier alpha value is -0.0600. The van der Waals surface area contributed by atoms with Gasteiger partial charge in [-0.15, -0.1) is 11.3 Å². The van der Waals surface area contributed by atoms with Gasteiger partial charge in [0.15, 0.2) is 0 Å². The third-order valence-corrected chi connectivity index (χ3v) is 5.12. The van der Waals surface area contributed by atoms with Crippen LogP contribution in [-0.4, -0.2) is 22.5 Å². The van der Waals surface area contributed by atoms with Gasteiger partial charge in [0.1, 0.15) is 0 Å². The van der Waals surface area contributed by atoms with Gasteiger partial charge in [-0.25, -0.2) is 4.98 Å². The minimum Gasteiger partial charge on any atom is -0.308 e. The number of thioether (sulfide) groups is 1. The molecule has 2 rings (SSSR count). The average molecular weight is 256 g/mol. The van der Waals surface area contributed by atoms with Crippen LogP contribution in [0.3, 0.4) is 0 Å². The molecule has 1 fully saturated rings. The highest BCUT2D eigenvalue weighted by atomic mass is 32.2. The van der Waals surface area contributed by atoms with Crippen molar-refractivity contribution in [2.75, 3.05) is 6.26 Å². The van der Waals surface area contributed by atoms with Crippen LogP contribution >= 0.6 is 23.1 Å². The number of aromatic nitrogens is 1. The first-order valence-corrected chi connectivity index (χ1v) is 8.12. The predicted molar refractivity (Wildman–Crippen MR) is 73.2 cm³/mol. The molecule has 0 radical (unpaired) electrons. The monoisotopic (exact) mass is 256 g/mol. The zero-order valence-electron chi connectivity index (χ0n) is 10.0. The molecule has 0 aliphatic heterocycles. The topological polar surface area (TPSA) is 24.9 Å². The number of hydrogen-bond acceptors (Lipinski definition) is 4. The van der Waals surface area contributed by atoms with Crippen LogP contribution in [0.5, 0.6) is 0 Å². The predicted octanol–water partition coefficient (Wildman–Crippen LogP) is 3.22. The summed E-state index contributed by atoms with van der Waals surface area (Å²) < 4.78 is 0. The first-order valence-electron chi connectivity index (χ1n) is 5.95. The van der Waals surface area contributed by atoms with E-state index in [1.165, 1.54) is 36.4 Å². The zero-order valence-corrected chi connectivity index (χ0v) is 11.7. The molecule has 0 amide bonds. The van der Waals surface area contributed by atoms with Gasteiger partial charge in [-0.2, -0.15) is 11.8 Å². The summed E-state index contributed by atoms with van der Waals surface area (Å²) in [5.41, 5.74) is 1.20. The van der Waals surface area contributed by atoms with Crippen LogP contribution < -0.4 is 5.32 Å². The SMILES string of the molecule is CSC1CCCC(NCc2csc(C)n2)C1. The highest BCUT2D eigenvalue weighted by Crippen LogP contribution is 2.27. The third kappa shape index (κ3) is 3.47. The molecule has 1 aliphatic carbocycles. The number of nitrogens with one attached hydrogen (secondary N) is 1. The minimum absolute atomic E-state index is 0.702. The van der Waals surface area contributed by atoms with E-state index in [-0.39, 0.29) is 0 Å². The van der Waals surface area contributed by atoms with E-state index in [0.717, 1.165) is 11.8 Å². The van der Waals surface area contributed by atoms with Gasteiger partial charge in [-0.1, -0.05) is 6.42 Å². The molecular weight excluding hydrogens is 236 g/mol. The van der Waals surface area contributed by atoms with Crippen LogP contribution in [0.4, 0.5) is 0 Å². The number of nitrogens with zero attached hydrogens (tertiary/aromatic N) is 1. The Balaban J connectivity index is 1.77. The molecule has 0 spiro atoms. The Morgan fingerprint density at radius 2 is 2.44 bits per heavy atom. The quantitative estimate of drug-likeness (QED) is 0.895. The highest BCUT2D eigenvalue weighted by Gasteiger charge is 2.20. The summed E-state index contributed by atoms with van der Waals surface area (Å²) in [7, 11) is 0. The van der Waals surface area contributed by atoms with Crippen LogP contribution in [-0.2, 0) is 6.54 Å². The van der Waals surface area contributed by atoms with Crippen molar-refractivity contribution in [1.29, 1.82) is 0 Å². The molecule has 2 unspecified atom stereocenters. The van der Waals surface area contributed by atoms with Crippen molar-refractivity contribution in [3.05, 3.63) is 16.1 Å². The van der Waals surface area contributed by atoms with Gasteiger partial charge < -0.3 is 5.32 Å². The lowest BCUT2D eigenvalue weighted by Gasteiger charge is -2.28. The maximum Gasteiger partial charge on any atom is 0.0897 e. The number of rotatable bonds is 4. The fourth-order valence-electron chi connectivity index (χ4n) is 2.28. The van der Waals surface area contributed by atoms with Gasteiger partial charge in [-0.05, 0) is 32.4 Å². The number of aryl methyl sites for hydroxylation is 1. The van der Waals surface area contributed by atoms with E-state index in [1.54, 1.807) is 11.3 Å². The van der Waals surface area contributed by atoms with E-state index >= 15 is 0 Å². The van der Waals surface area contributed by atoms with Crippen LogP contribution in [0.1, 0.15) is 36.4 Å². The lowest BCUT2D eigenvalue weighted by molar-refractivity contribution is 0.378. The van der Waals surface area contributed by atoms with Gasteiger partial charge in [0.2, 0.25) is 0 Å². The van der Waals surface area contributed by atoms with E-state index in [9.17, 15) is 0 Å². The lowest BCUT2D eigenvalue weighted by atomic mass is 9.95.